The number of Topliss-reactive ketones (excluding diaryl/α,β-unsaturated/α-hetero) is 1. The molecule has 0 bridgehead atoms. The van der Waals surface area contributed by atoms with Crippen molar-refractivity contribution in [2.45, 2.75) is 45.3 Å². The molecule has 118 valence electrons. The average molecular weight is 304 g/mol. The fourth-order valence-electron chi connectivity index (χ4n) is 2.65. The van der Waals surface area contributed by atoms with E-state index >= 15 is 0 Å². The Labute approximate surface area is 129 Å². The highest BCUT2D eigenvalue weighted by molar-refractivity contribution is 5.82. The zero-order chi connectivity index (χ0) is 15.9. The standard InChI is InChI=1S/C17H20O5/c1-12(18)22-16-10-15(19)9-14(16)7-8-17(20)21-11-13-5-3-2-4-6-13/h2-6,14,16H,7-11H2,1H3. The van der Waals surface area contributed by atoms with Gasteiger partial charge < -0.3 is 9.47 Å². The topological polar surface area (TPSA) is 69.7 Å². The Hall–Kier alpha value is -2.17. The van der Waals surface area contributed by atoms with Gasteiger partial charge in [0.05, 0.1) is 0 Å². The van der Waals surface area contributed by atoms with Gasteiger partial charge >= 0.3 is 11.9 Å². The molecule has 2 atom stereocenters. The first kappa shape index (κ1) is 16.2. The van der Waals surface area contributed by atoms with E-state index < -0.39 is 12.1 Å². The highest BCUT2D eigenvalue weighted by Crippen LogP contribution is 2.29. The van der Waals surface area contributed by atoms with Gasteiger partial charge in [0.1, 0.15) is 18.5 Å². The van der Waals surface area contributed by atoms with E-state index in [1.165, 1.54) is 6.92 Å². The van der Waals surface area contributed by atoms with Crippen molar-refractivity contribution in [3.63, 3.8) is 0 Å². The molecule has 0 spiro atoms. The van der Waals surface area contributed by atoms with Crippen molar-refractivity contribution in [3.8, 4) is 0 Å². The first-order valence-electron chi connectivity index (χ1n) is 7.43. The molecule has 1 fully saturated rings. The van der Waals surface area contributed by atoms with Gasteiger partial charge in [-0.25, -0.2) is 0 Å². The molecular weight excluding hydrogens is 284 g/mol. The quantitative estimate of drug-likeness (QED) is 0.755. The molecule has 0 saturated heterocycles. The lowest BCUT2D eigenvalue weighted by Gasteiger charge is -2.18. The van der Waals surface area contributed by atoms with Crippen LogP contribution < -0.4 is 0 Å². The number of benzene rings is 1. The summed E-state index contributed by atoms with van der Waals surface area (Å²) in [5.41, 5.74) is 0.935. The Morgan fingerprint density at radius 3 is 2.59 bits per heavy atom. The number of rotatable bonds is 6. The lowest BCUT2D eigenvalue weighted by atomic mass is 9.99. The second-order valence-electron chi connectivity index (χ2n) is 5.54. The second kappa shape index (κ2) is 7.73. The van der Waals surface area contributed by atoms with Crippen LogP contribution in [-0.4, -0.2) is 23.8 Å². The van der Waals surface area contributed by atoms with Crippen molar-refractivity contribution >= 4 is 17.7 Å². The minimum absolute atomic E-state index is 0.0777. The van der Waals surface area contributed by atoms with Crippen LogP contribution in [0.2, 0.25) is 0 Å². The predicted molar refractivity (Wildman–Crippen MR) is 78.8 cm³/mol. The SMILES string of the molecule is CC(=O)OC1CC(=O)CC1CCC(=O)OCc1ccccc1. The van der Waals surface area contributed by atoms with Crippen molar-refractivity contribution < 1.29 is 23.9 Å². The van der Waals surface area contributed by atoms with E-state index in [0.29, 0.717) is 12.8 Å². The molecular formula is C17H20O5. The third-order valence-corrected chi connectivity index (χ3v) is 3.72. The van der Waals surface area contributed by atoms with Crippen LogP contribution >= 0.6 is 0 Å². The highest BCUT2D eigenvalue weighted by Gasteiger charge is 2.35. The number of ketones is 1. The summed E-state index contributed by atoms with van der Waals surface area (Å²) < 4.78 is 10.3. The third kappa shape index (κ3) is 4.98. The van der Waals surface area contributed by atoms with Crippen molar-refractivity contribution in [2.75, 3.05) is 0 Å². The molecule has 0 radical (unpaired) electrons. The Morgan fingerprint density at radius 1 is 1.18 bits per heavy atom. The predicted octanol–water partition coefficient (Wildman–Crippen LogP) is 2.42. The zero-order valence-corrected chi connectivity index (χ0v) is 12.6. The molecule has 5 heteroatoms. The average Bonchev–Trinajstić information content (AvgIpc) is 2.83. The van der Waals surface area contributed by atoms with Gasteiger partial charge in [-0.2, -0.15) is 0 Å². The van der Waals surface area contributed by atoms with Crippen molar-refractivity contribution in [2.24, 2.45) is 5.92 Å². The first-order valence-corrected chi connectivity index (χ1v) is 7.43. The lowest BCUT2D eigenvalue weighted by molar-refractivity contribution is -0.148. The molecule has 1 aromatic carbocycles. The maximum atomic E-state index is 11.8. The molecule has 1 saturated carbocycles. The molecule has 2 rings (SSSR count). The van der Waals surface area contributed by atoms with E-state index in [1.54, 1.807) is 0 Å². The van der Waals surface area contributed by atoms with E-state index in [4.69, 9.17) is 9.47 Å². The van der Waals surface area contributed by atoms with Crippen LogP contribution in [-0.2, 0) is 30.5 Å². The largest absolute Gasteiger partial charge is 0.462 e. The van der Waals surface area contributed by atoms with Crippen molar-refractivity contribution in [1.82, 2.24) is 0 Å². The van der Waals surface area contributed by atoms with Gasteiger partial charge in [0.25, 0.3) is 0 Å². The smallest absolute Gasteiger partial charge is 0.306 e. The number of carbonyl (C=O) groups is 3. The van der Waals surface area contributed by atoms with Gasteiger partial charge in [-0.1, -0.05) is 30.3 Å². The second-order valence-corrected chi connectivity index (χ2v) is 5.54. The molecule has 5 nitrogen and oxygen atoms in total. The lowest BCUT2D eigenvalue weighted by Crippen LogP contribution is -2.21. The molecule has 0 heterocycles. The summed E-state index contributed by atoms with van der Waals surface area (Å²) >= 11 is 0. The Kier molecular flexibility index (Phi) is 5.69. The molecule has 1 aliphatic rings. The molecule has 0 amide bonds. The minimum Gasteiger partial charge on any atom is -0.462 e. The minimum atomic E-state index is -0.396. The molecule has 0 aliphatic heterocycles. The number of ether oxygens (including phenoxy) is 2. The fraction of sp³-hybridized carbons (Fsp3) is 0.471. The molecule has 1 aromatic rings. The van der Waals surface area contributed by atoms with Crippen LogP contribution in [0.25, 0.3) is 0 Å². The summed E-state index contributed by atoms with van der Waals surface area (Å²) in [5, 5.41) is 0. The number of hydrogen-bond donors (Lipinski definition) is 0. The molecule has 2 unspecified atom stereocenters. The Morgan fingerprint density at radius 2 is 1.91 bits per heavy atom. The van der Waals surface area contributed by atoms with Crippen LogP contribution in [0.15, 0.2) is 30.3 Å². The van der Waals surface area contributed by atoms with E-state index in [-0.39, 0.29) is 37.1 Å². The van der Waals surface area contributed by atoms with E-state index in [0.717, 1.165) is 5.56 Å². The summed E-state index contributed by atoms with van der Waals surface area (Å²) in [6.45, 7) is 1.57. The Bertz CT molecular complexity index is 537. The van der Waals surface area contributed by atoms with Crippen molar-refractivity contribution in [1.29, 1.82) is 0 Å². The van der Waals surface area contributed by atoms with Crippen LogP contribution in [0.5, 0.6) is 0 Å². The van der Waals surface area contributed by atoms with E-state index in [1.807, 2.05) is 30.3 Å². The summed E-state index contributed by atoms with van der Waals surface area (Å²) in [6, 6.07) is 9.45. The molecule has 0 N–H and O–H groups in total. The third-order valence-electron chi connectivity index (χ3n) is 3.72. The summed E-state index contributed by atoms with van der Waals surface area (Å²) in [4.78, 5) is 34.3. The van der Waals surface area contributed by atoms with Gasteiger partial charge in [-0.15, -0.1) is 0 Å². The molecule has 1 aliphatic carbocycles. The van der Waals surface area contributed by atoms with Gasteiger partial charge in [-0.05, 0) is 12.0 Å². The van der Waals surface area contributed by atoms with Gasteiger partial charge in [-0.3, -0.25) is 14.4 Å². The number of esters is 2. The maximum absolute atomic E-state index is 11.8. The molecule has 22 heavy (non-hydrogen) atoms. The summed E-state index contributed by atoms with van der Waals surface area (Å²) in [6.07, 6.45) is 0.944. The van der Waals surface area contributed by atoms with Crippen LogP contribution in [0.1, 0.15) is 38.2 Å². The van der Waals surface area contributed by atoms with Crippen molar-refractivity contribution in [3.05, 3.63) is 35.9 Å². The Balaban J connectivity index is 1.75. The number of carbonyl (C=O) groups excluding carboxylic acids is 3. The van der Waals surface area contributed by atoms with Gasteiger partial charge in [0.15, 0.2) is 0 Å². The summed E-state index contributed by atoms with van der Waals surface area (Å²) in [7, 11) is 0. The van der Waals surface area contributed by atoms with Crippen LogP contribution in [0.4, 0.5) is 0 Å². The van der Waals surface area contributed by atoms with Crippen LogP contribution in [0, 0.1) is 5.92 Å². The summed E-state index contributed by atoms with van der Waals surface area (Å²) in [5.74, 6) is -0.698. The van der Waals surface area contributed by atoms with Crippen LogP contribution in [0.3, 0.4) is 0 Å². The monoisotopic (exact) mass is 304 g/mol. The maximum Gasteiger partial charge on any atom is 0.306 e. The van der Waals surface area contributed by atoms with Gasteiger partial charge in [0, 0.05) is 32.1 Å². The van der Waals surface area contributed by atoms with E-state index in [9.17, 15) is 14.4 Å². The first-order chi connectivity index (χ1) is 10.5. The highest BCUT2D eigenvalue weighted by atomic mass is 16.5. The molecule has 0 aromatic heterocycles. The van der Waals surface area contributed by atoms with Gasteiger partial charge in [0.2, 0.25) is 0 Å². The van der Waals surface area contributed by atoms with E-state index in [2.05, 4.69) is 0 Å². The fourth-order valence-corrected chi connectivity index (χ4v) is 2.65. The zero-order valence-electron chi connectivity index (χ0n) is 12.6. The normalized spacial score (nSPS) is 20.7. The number of hydrogen-bond acceptors (Lipinski definition) is 5.